The first-order valence-electron chi connectivity index (χ1n) is 13.5. The third-order valence-corrected chi connectivity index (χ3v) is 9.56. The highest BCUT2D eigenvalue weighted by molar-refractivity contribution is 7.89. The van der Waals surface area contributed by atoms with Gasteiger partial charge >= 0.3 is 0 Å². The second-order valence-electron chi connectivity index (χ2n) is 10.6. The van der Waals surface area contributed by atoms with Crippen molar-refractivity contribution in [2.24, 2.45) is 0 Å². The molecule has 0 spiro atoms. The average Bonchev–Trinajstić information content (AvgIpc) is 3.33. The summed E-state index contributed by atoms with van der Waals surface area (Å²) >= 11 is 0. The van der Waals surface area contributed by atoms with Crippen LogP contribution in [0.25, 0.3) is 0 Å². The third-order valence-electron chi connectivity index (χ3n) is 7.65. The zero-order valence-electron chi connectivity index (χ0n) is 21.8. The number of aliphatic hydroxyl groups excluding tert-OH is 1. The number of halogens is 1. The monoisotopic (exact) mass is 561 g/mol. The van der Waals surface area contributed by atoms with Crippen LogP contribution in [-0.4, -0.2) is 91.9 Å². The van der Waals surface area contributed by atoms with Crippen molar-refractivity contribution in [2.45, 2.75) is 67.5 Å². The van der Waals surface area contributed by atoms with E-state index in [1.165, 1.54) is 22.0 Å². The molecule has 0 bridgehead atoms. The van der Waals surface area contributed by atoms with Gasteiger partial charge in [0, 0.05) is 32.2 Å². The number of nitrogens with one attached hydrogen (secondary N) is 1. The summed E-state index contributed by atoms with van der Waals surface area (Å²) in [5.74, 6) is -0.612. The Morgan fingerprint density at radius 1 is 1.03 bits per heavy atom. The Morgan fingerprint density at radius 2 is 1.79 bits per heavy atom. The quantitative estimate of drug-likeness (QED) is 0.532. The first kappa shape index (κ1) is 28.1. The number of sulfonamides is 1. The van der Waals surface area contributed by atoms with Gasteiger partial charge in [0.25, 0.3) is 0 Å². The Bertz CT molecular complexity index is 1220. The molecule has 3 fully saturated rings. The summed E-state index contributed by atoms with van der Waals surface area (Å²) in [5, 5.41) is 13.5. The Kier molecular flexibility index (Phi) is 8.95. The SMILES string of the molecule is O=C(C[C@H]1CC[C@@H]2[C@H](COC[C@@H](O)CN2S(=O)(=O)c2ccc(F)cc2)O1)N[C@@H]1CCN(Cc2ccccc2)C1. The zero-order chi connectivity index (χ0) is 27.4. The summed E-state index contributed by atoms with van der Waals surface area (Å²) < 4.78 is 53.5. The van der Waals surface area contributed by atoms with Gasteiger partial charge in [-0.15, -0.1) is 0 Å². The van der Waals surface area contributed by atoms with Crippen molar-refractivity contribution in [2.75, 3.05) is 32.8 Å². The van der Waals surface area contributed by atoms with Gasteiger partial charge in [0.2, 0.25) is 15.9 Å². The van der Waals surface area contributed by atoms with E-state index >= 15 is 0 Å². The molecule has 212 valence electrons. The predicted octanol–water partition coefficient (Wildman–Crippen LogP) is 1.90. The molecule has 9 nitrogen and oxygen atoms in total. The fourth-order valence-electron chi connectivity index (χ4n) is 5.74. The number of fused-ring (bicyclic) bond motifs is 1. The molecule has 3 aliphatic heterocycles. The highest BCUT2D eigenvalue weighted by Gasteiger charge is 2.43. The fourth-order valence-corrected chi connectivity index (χ4v) is 7.46. The molecule has 2 aromatic carbocycles. The smallest absolute Gasteiger partial charge is 0.243 e. The first-order valence-corrected chi connectivity index (χ1v) is 15.0. The minimum Gasteiger partial charge on any atom is -0.389 e. The van der Waals surface area contributed by atoms with Crippen molar-refractivity contribution < 1.29 is 32.2 Å². The number of hydrogen-bond donors (Lipinski definition) is 2. The molecule has 5 atom stereocenters. The number of benzene rings is 2. The number of carbonyl (C=O) groups is 1. The van der Waals surface area contributed by atoms with E-state index in [2.05, 4.69) is 22.3 Å². The fraction of sp³-hybridized carbons (Fsp3) is 0.536. The number of ether oxygens (including phenoxy) is 2. The van der Waals surface area contributed by atoms with Crippen LogP contribution < -0.4 is 5.32 Å². The zero-order valence-corrected chi connectivity index (χ0v) is 22.6. The first-order chi connectivity index (χ1) is 18.8. The van der Waals surface area contributed by atoms with Gasteiger partial charge in [0.05, 0.1) is 48.9 Å². The van der Waals surface area contributed by atoms with E-state index in [9.17, 15) is 22.7 Å². The van der Waals surface area contributed by atoms with Crippen LogP contribution in [0.3, 0.4) is 0 Å². The van der Waals surface area contributed by atoms with Gasteiger partial charge in [-0.2, -0.15) is 4.31 Å². The van der Waals surface area contributed by atoms with Crippen LogP contribution >= 0.6 is 0 Å². The second kappa shape index (κ2) is 12.4. The predicted molar refractivity (Wildman–Crippen MR) is 142 cm³/mol. The normalized spacial score (nSPS) is 28.8. The van der Waals surface area contributed by atoms with Crippen molar-refractivity contribution >= 4 is 15.9 Å². The van der Waals surface area contributed by atoms with E-state index in [4.69, 9.17) is 9.47 Å². The number of amides is 1. The van der Waals surface area contributed by atoms with E-state index in [0.717, 1.165) is 38.2 Å². The Labute approximate surface area is 228 Å². The molecule has 0 saturated carbocycles. The molecule has 2 aromatic rings. The lowest BCUT2D eigenvalue weighted by Gasteiger charge is -2.43. The van der Waals surface area contributed by atoms with Crippen LogP contribution in [-0.2, 0) is 30.8 Å². The molecule has 5 rings (SSSR count). The van der Waals surface area contributed by atoms with Crippen molar-refractivity contribution in [1.29, 1.82) is 0 Å². The molecule has 39 heavy (non-hydrogen) atoms. The van der Waals surface area contributed by atoms with Crippen molar-refractivity contribution in [1.82, 2.24) is 14.5 Å². The molecule has 2 N–H and O–H groups in total. The molecule has 0 aromatic heterocycles. The average molecular weight is 562 g/mol. The van der Waals surface area contributed by atoms with Crippen molar-refractivity contribution in [3.05, 3.63) is 66.0 Å². The van der Waals surface area contributed by atoms with Crippen LogP contribution in [0.2, 0.25) is 0 Å². The van der Waals surface area contributed by atoms with Gasteiger partial charge in [0.15, 0.2) is 0 Å². The van der Waals surface area contributed by atoms with E-state index in [1.807, 2.05) is 18.2 Å². The number of carbonyl (C=O) groups excluding carboxylic acids is 1. The molecule has 1 amide bonds. The maximum absolute atomic E-state index is 13.5. The number of likely N-dealkylation sites (tertiary alicyclic amines) is 1. The Morgan fingerprint density at radius 3 is 2.56 bits per heavy atom. The summed E-state index contributed by atoms with van der Waals surface area (Å²) in [6.07, 6.45) is 0.0617. The minimum absolute atomic E-state index is 0.0334. The second-order valence-corrected chi connectivity index (χ2v) is 12.5. The van der Waals surface area contributed by atoms with E-state index in [1.54, 1.807) is 0 Å². The van der Waals surface area contributed by atoms with Gasteiger partial charge in [0.1, 0.15) is 5.82 Å². The van der Waals surface area contributed by atoms with Gasteiger partial charge in [-0.25, -0.2) is 12.8 Å². The van der Waals surface area contributed by atoms with Gasteiger partial charge < -0.3 is 19.9 Å². The van der Waals surface area contributed by atoms with Crippen LogP contribution in [0.1, 0.15) is 31.2 Å². The third kappa shape index (κ3) is 7.03. The van der Waals surface area contributed by atoms with Gasteiger partial charge in [-0.05, 0) is 49.1 Å². The number of aliphatic hydroxyl groups is 1. The minimum atomic E-state index is -4.02. The number of β-amino-alcohol motifs (C(OH)–C–C–N with tert-alkyl or cyclic N) is 1. The topological polar surface area (TPSA) is 108 Å². The van der Waals surface area contributed by atoms with Gasteiger partial charge in [-0.1, -0.05) is 30.3 Å². The van der Waals surface area contributed by atoms with E-state index < -0.39 is 34.1 Å². The molecule has 11 heteroatoms. The summed E-state index contributed by atoms with van der Waals surface area (Å²) in [7, 11) is -4.02. The highest BCUT2D eigenvalue weighted by atomic mass is 32.2. The van der Waals surface area contributed by atoms with E-state index in [0.29, 0.717) is 12.8 Å². The molecule has 3 saturated heterocycles. The lowest BCUT2D eigenvalue weighted by Crippen LogP contribution is -2.57. The maximum atomic E-state index is 13.5. The Hall–Kier alpha value is -2.41. The standard InChI is InChI=1S/C28H36FN3O6S/c29-21-6-9-25(10-7-21)39(35,36)32-17-23(33)18-37-19-27-26(32)11-8-24(38-27)14-28(34)30-22-12-13-31(16-22)15-20-4-2-1-3-5-20/h1-7,9-10,22-24,26-27,33H,8,11-19H2,(H,30,34)/t22-,23+,24-,26-,27+/m1/s1. The van der Waals surface area contributed by atoms with Crippen molar-refractivity contribution in [3.63, 3.8) is 0 Å². The summed E-state index contributed by atoms with van der Waals surface area (Å²) in [5.41, 5.74) is 1.25. The van der Waals surface area contributed by atoms with Crippen molar-refractivity contribution in [3.8, 4) is 0 Å². The lowest BCUT2D eigenvalue weighted by atomic mass is 9.96. The summed E-state index contributed by atoms with van der Waals surface area (Å²) in [6.45, 7) is 2.49. The number of nitrogens with zero attached hydrogens (tertiary/aromatic N) is 2. The molecule has 0 aliphatic carbocycles. The molecular formula is C28H36FN3O6S. The Balaban J connectivity index is 1.18. The molecular weight excluding hydrogens is 525 g/mol. The summed E-state index contributed by atoms with van der Waals surface area (Å²) in [4.78, 5) is 15.2. The number of hydrogen-bond acceptors (Lipinski definition) is 7. The number of rotatable bonds is 7. The largest absolute Gasteiger partial charge is 0.389 e. The highest BCUT2D eigenvalue weighted by Crippen LogP contribution is 2.31. The van der Waals surface area contributed by atoms with Crippen LogP contribution in [0.15, 0.2) is 59.5 Å². The molecule has 0 unspecified atom stereocenters. The molecule has 0 radical (unpaired) electrons. The maximum Gasteiger partial charge on any atom is 0.243 e. The van der Waals surface area contributed by atoms with Crippen LogP contribution in [0, 0.1) is 5.82 Å². The van der Waals surface area contributed by atoms with Gasteiger partial charge in [-0.3, -0.25) is 9.69 Å². The molecule has 3 heterocycles. The molecule has 3 aliphatic rings. The van der Waals surface area contributed by atoms with Crippen LogP contribution in [0.4, 0.5) is 4.39 Å². The lowest BCUT2D eigenvalue weighted by molar-refractivity contribution is -0.146. The summed E-state index contributed by atoms with van der Waals surface area (Å²) in [6, 6.07) is 14.4. The van der Waals surface area contributed by atoms with E-state index in [-0.39, 0.29) is 49.1 Å². The van der Waals surface area contributed by atoms with Crippen LogP contribution in [0.5, 0.6) is 0 Å².